The predicted molar refractivity (Wildman–Crippen MR) is 77.4 cm³/mol. The van der Waals surface area contributed by atoms with Gasteiger partial charge in [-0.25, -0.2) is 0 Å². The van der Waals surface area contributed by atoms with Crippen molar-refractivity contribution in [2.75, 3.05) is 13.1 Å². The van der Waals surface area contributed by atoms with Crippen LogP contribution in [-0.4, -0.2) is 47.0 Å². The molecule has 1 aliphatic heterocycles. The Morgan fingerprint density at radius 1 is 1.38 bits per heavy atom. The number of rotatable bonds is 2. The fraction of sp³-hybridized carbons (Fsp3) is 0.533. The highest BCUT2D eigenvalue weighted by atomic mass is 16.5. The second-order valence-corrected chi connectivity index (χ2v) is 5.45. The number of morpholine rings is 1. The lowest BCUT2D eigenvalue weighted by atomic mass is 10.1. The number of nitrogens with one attached hydrogen (secondary N) is 1. The first-order chi connectivity index (χ1) is 9.97. The summed E-state index contributed by atoms with van der Waals surface area (Å²) >= 11 is 0. The van der Waals surface area contributed by atoms with Crippen LogP contribution in [0.3, 0.4) is 0 Å². The van der Waals surface area contributed by atoms with Gasteiger partial charge in [0, 0.05) is 25.5 Å². The van der Waals surface area contributed by atoms with Gasteiger partial charge >= 0.3 is 11.8 Å². The summed E-state index contributed by atoms with van der Waals surface area (Å²) in [4.78, 5) is 29.8. The monoisotopic (exact) mass is 291 g/mol. The van der Waals surface area contributed by atoms with E-state index in [4.69, 9.17) is 4.74 Å². The number of hydrogen-bond donors (Lipinski definition) is 1. The molecule has 1 saturated heterocycles. The Bertz CT molecular complexity index is 496. The molecule has 1 aromatic heterocycles. The summed E-state index contributed by atoms with van der Waals surface area (Å²) in [5.41, 5.74) is 0.863. The molecule has 1 N–H and O–H groups in total. The van der Waals surface area contributed by atoms with Gasteiger partial charge in [0.15, 0.2) is 0 Å². The van der Waals surface area contributed by atoms with Gasteiger partial charge in [0.1, 0.15) is 0 Å². The van der Waals surface area contributed by atoms with Crippen molar-refractivity contribution in [3.05, 3.63) is 30.1 Å². The molecule has 1 aliphatic rings. The lowest BCUT2D eigenvalue weighted by Gasteiger charge is -2.35. The molecule has 6 nitrogen and oxygen atoms in total. The molecular weight excluding hydrogens is 270 g/mol. The van der Waals surface area contributed by atoms with Gasteiger partial charge in [-0.3, -0.25) is 14.6 Å². The molecule has 21 heavy (non-hydrogen) atoms. The van der Waals surface area contributed by atoms with Gasteiger partial charge in [-0.15, -0.1) is 0 Å². The highest BCUT2D eigenvalue weighted by Gasteiger charge is 2.30. The van der Waals surface area contributed by atoms with Crippen molar-refractivity contribution in [2.45, 2.75) is 39.0 Å². The van der Waals surface area contributed by atoms with Crippen LogP contribution >= 0.6 is 0 Å². The zero-order valence-corrected chi connectivity index (χ0v) is 12.6. The molecule has 3 atom stereocenters. The highest BCUT2D eigenvalue weighted by molar-refractivity contribution is 6.35. The summed E-state index contributed by atoms with van der Waals surface area (Å²) in [5, 5.41) is 2.71. The zero-order chi connectivity index (χ0) is 15.4. The van der Waals surface area contributed by atoms with Crippen LogP contribution in [0.4, 0.5) is 0 Å². The van der Waals surface area contributed by atoms with Crippen molar-refractivity contribution < 1.29 is 14.3 Å². The van der Waals surface area contributed by atoms with E-state index in [0.717, 1.165) is 5.56 Å². The molecule has 0 aromatic carbocycles. The molecule has 1 fully saturated rings. The van der Waals surface area contributed by atoms with Crippen LogP contribution in [0, 0.1) is 0 Å². The summed E-state index contributed by atoms with van der Waals surface area (Å²) in [6, 6.07) is 3.40. The number of aromatic nitrogens is 1. The summed E-state index contributed by atoms with van der Waals surface area (Å²) in [6.07, 6.45) is 3.23. The Hall–Kier alpha value is -1.95. The molecule has 0 bridgehead atoms. The second kappa shape index (κ2) is 6.67. The van der Waals surface area contributed by atoms with Gasteiger partial charge < -0.3 is 15.0 Å². The van der Waals surface area contributed by atoms with Crippen LogP contribution < -0.4 is 5.32 Å². The summed E-state index contributed by atoms with van der Waals surface area (Å²) in [7, 11) is 0. The van der Waals surface area contributed by atoms with E-state index in [1.165, 1.54) is 0 Å². The molecule has 2 heterocycles. The molecule has 0 aliphatic carbocycles. The predicted octanol–water partition coefficient (Wildman–Crippen LogP) is 0.895. The number of pyridine rings is 1. The minimum Gasteiger partial charge on any atom is -0.372 e. The van der Waals surface area contributed by atoms with Gasteiger partial charge in [-0.2, -0.15) is 0 Å². The summed E-state index contributed by atoms with van der Waals surface area (Å²) in [6.45, 7) is 6.50. The Balaban J connectivity index is 1.95. The van der Waals surface area contributed by atoms with Crippen LogP contribution in [0.15, 0.2) is 24.5 Å². The van der Waals surface area contributed by atoms with Crippen molar-refractivity contribution in [1.29, 1.82) is 0 Å². The number of nitrogens with zero attached hydrogens (tertiary/aromatic N) is 2. The van der Waals surface area contributed by atoms with E-state index in [9.17, 15) is 9.59 Å². The number of hydrogen-bond acceptors (Lipinski definition) is 4. The van der Waals surface area contributed by atoms with Crippen LogP contribution in [0.25, 0.3) is 0 Å². The third kappa shape index (κ3) is 4.01. The normalized spacial score (nSPS) is 23.5. The second-order valence-electron chi connectivity index (χ2n) is 5.45. The van der Waals surface area contributed by atoms with E-state index in [0.29, 0.717) is 13.1 Å². The number of amides is 2. The average molecular weight is 291 g/mol. The average Bonchev–Trinajstić information content (AvgIpc) is 2.46. The van der Waals surface area contributed by atoms with Crippen LogP contribution in [0.2, 0.25) is 0 Å². The molecule has 0 spiro atoms. The lowest BCUT2D eigenvalue weighted by Crippen LogP contribution is -2.52. The van der Waals surface area contributed by atoms with Crippen LogP contribution in [-0.2, 0) is 14.3 Å². The van der Waals surface area contributed by atoms with E-state index in [-0.39, 0.29) is 18.2 Å². The Kier molecular flexibility index (Phi) is 4.90. The Labute approximate surface area is 124 Å². The number of carbonyl (C=O) groups excluding carboxylic acids is 2. The first-order valence-corrected chi connectivity index (χ1v) is 7.12. The number of carbonyl (C=O) groups is 2. The lowest BCUT2D eigenvalue weighted by molar-refractivity contribution is -0.153. The SMILES string of the molecule is C[C@@H]1CN(C(=O)C(=O)N[C@@H](C)c2cccnc2)C[C@@H](C)O1. The topological polar surface area (TPSA) is 71.5 Å². The van der Waals surface area contributed by atoms with Crippen LogP contribution in [0.5, 0.6) is 0 Å². The maximum Gasteiger partial charge on any atom is 0.312 e. The van der Waals surface area contributed by atoms with Crippen molar-refractivity contribution in [3.8, 4) is 0 Å². The van der Waals surface area contributed by atoms with Crippen LogP contribution in [0.1, 0.15) is 32.4 Å². The third-order valence-electron chi connectivity index (χ3n) is 3.43. The fourth-order valence-electron chi connectivity index (χ4n) is 2.46. The summed E-state index contributed by atoms with van der Waals surface area (Å²) < 4.78 is 5.56. The third-order valence-corrected chi connectivity index (χ3v) is 3.43. The van der Waals surface area contributed by atoms with Crippen molar-refractivity contribution in [1.82, 2.24) is 15.2 Å². The zero-order valence-electron chi connectivity index (χ0n) is 12.6. The van der Waals surface area contributed by atoms with E-state index in [1.54, 1.807) is 23.4 Å². The Morgan fingerprint density at radius 2 is 2.05 bits per heavy atom. The molecule has 0 saturated carbocycles. The van der Waals surface area contributed by atoms with Gasteiger partial charge in [-0.05, 0) is 32.4 Å². The molecule has 0 radical (unpaired) electrons. The van der Waals surface area contributed by atoms with Gasteiger partial charge in [0.05, 0.1) is 18.2 Å². The smallest absolute Gasteiger partial charge is 0.312 e. The standard InChI is InChI=1S/C15H21N3O3/c1-10-8-18(9-11(2)21-10)15(20)14(19)17-12(3)13-5-4-6-16-7-13/h4-7,10-12H,8-9H2,1-3H3,(H,17,19)/t10-,11-,12+/m1/s1. The highest BCUT2D eigenvalue weighted by Crippen LogP contribution is 2.12. The minimum absolute atomic E-state index is 0.0544. The van der Waals surface area contributed by atoms with E-state index >= 15 is 0 Å². The molecular formula is C15H21N3O3. The van der Waals surface area contributed by atoms with Crippen molar-refractivity contribution >= 4 is 11.8 Å². The first kappa shape index (κ1) is 15.4. The molecule has 0 unspecified atom stereocenters. The van der Waals surface area contributed by atoms with Gasteiger partial charge in [0.2, 0.25) is 0 Å². The van der Waals surface area contributed by atoms with Gasteiger partial charge in [0.25, 0.3) is 0 Å². The maximum absolute atomic E-state index is 12.2. The first-order valence-electron chi connectivity index (χ1n) is 7.12. The maximum atomic E-state index is 12.2. The van der Waals surface area contributed by atoms with E-state index < -0.39 is 11.8 Å². The van der Waals surface area contributed by atoms with E-state index in [1.807, 2.05) is 26.8 Å². The minimum atomic E-state index is -0.590. The van der Waals surface area contributed by atoms with Gasteiger partial charge in [-0.1, -0.05) is 6.07 Å². The van der Waals surface area contributed by atoms with E-state index in [2.05, 4.69) is 10.3 Å². The summed E-state index contributed by atoms with van der Waals surface area (Å²) in [5.74, 6) is -1.10. The molecule has 2 amide bonds. The van der Waals surface area contributed by atoms with Crippen molar-refractivity contribution in [3.63, 3.8) is 0 Å². The Morgan fingerprint density at radius 3 is 2.62 bits per heavy atom. The largest absolute Gasteiger partial charge is 0.372 e. The molecule has 2 rings (SSSR count). The quantitative estimate of drug-likeness (QED) is 0.822. The number of ether oxygens (including phenoxy) is 1. The van der Waals surface area contributed by atoms with Crippen molar-refractivity contribution in [2.24, 2.45) is 0 Å². The molecule has 1 aromatic rings. The molecule has 6 heteroatoms. The fourth-order valence-corrected chi connectivity index (χ4v) is 2.46. The molecule has 114 valence electrons.